The molecule has 3 nitrogen and oxygen atoms in total. The second-order valence-electron chi connectivity index (χ2n) is 4.56. The Morgan fingerprint density at radius 2 is 2.61 bits per heavy atom. The lowest BCUT2D eigenvalue weighted by atomic mass is 10.0. The molecule has 4 heteroatoms. The molecule has 1 unspecified atom stereocenters. The molecule has 18 heavy (non-hydrogen) atoms. The van der Waals surface area contributed by atoms with Gasteiger partial charge in [-0.2, -0.15) is 0 Å². The summed E-state index contributed by atoms with van der Waals surface area (Å²) in [5.41, 5.74) is 5.51. The van der Waals surface area contributed by atoms with Gasteiger partial charge in [-0.1, -0.05) is 6.08 Å². The van der Waals surface area contributed by atoms with Crippen LogP contribution in [0.15, 0.2) is 31.0 Å². The normalized spacial score (nSPS) is 17.3. The zero-order valence-electron chi connectivity index (χ0n) is 10.2. The summed E-state index contributed by atoms with van der Waals surface area (Å²) in [6.07, 6.45) is 5.99. The monoisotopic (exact) mass is 258 g/mol. The lowest BCUT2D eigenvalue weighted by molar-refractivity contribution is 0.178. The van der Waals surface area contributed by atoms with Gasteiger partial charge in [0.1, 0.15) is 0 Å². The molecule has 1 N–H and O–H groups in total. The minimum absolute atomic E-state index is 0.396. The topological polar surface area (TPSA) is 31.9 Å². The quantitative estimate of drug-likeness (QED) is 0.855. The second kappa shape index (κ2) is 5.08. The van der Waals surface area contributed by atoms with Gasteiger partial charge in [0.15, 0.2) is 5.51 Å². The van der Waals surface area contributed by atoms with E-state index in [1.807, 2.05) is 12.3 Å². The Labute approximate surface area is 111 Å². The molecule has 0 bridgehead atoms. The molecular formula is C14H16N3S. The largest absolute Gasteiger partial charge is 0.364 e. The predicted octanol–water partition coefficient (Wildman–Crippen LogP) is 2.95. The first-order chi connectivity index (χ1) is 8.88. The van der Waals surface area contributed by atoms with Crippen LogP contribution in [-0.4, -0.2) is 21.4 Å². The Hall–Kier alpha value is -1.39. The van der Waals surface area contributed by atoms with Gasteiger partial charge in [-0.05, 0) is 18.6 Å². The third-order valence-electron chi connectivity index (χ3n) is 3.47. The van der Waals surface area contributed by atoms with Crippen LogP contribution in [0.1, 0.15) is 28.7 Å². The number of hydrogen-bond donors (Lipinski definition) is 1. The smallest absolute Gasteiger partial charge is 0.152 e. The molecule has 3 heterocycles. The maximum Gasteiger partial charge on any atom is 0.152 e. The van der Waals surface area contributed by atoms with Crippen LogP contribution in [0.3, 0.4) is 0 Å². The van der Waals surface area contributed by atoms with Crippen LogP contribution in [0.5, 0.6) is 0 Å². The number of aromatic amines is 1. The minimum Gasteiger partial charge on any atom is -0.364 e. The lowest BCUT2D eigenvalue weighted by Gasteiger charge is -2.33. The molecule has 0 spiro atoms. The van der Waals surface area contributed by atoms with Gasteiger partial charge in [-0.3, -0.25) is 4.90 Å². The van der Waals surface area contributed by atoms with Crippen LogP contribution in [0.2, 0.25) is 0 Å². The Kier molecular flexibility index (Phi) is 3.30. The number of thiazole rings is 1. The number of nitrogens with one attached hydrogen (secondary N) is 1. The van der Waals surface area contributed by atoms with Crippen LogP contribution < -0.4 is 0 Å². The number of rotatable bonds is 4. The molecule has 3 rings (SSSR count). The highest BCUT2D eigenvalue weighted by Crippen LogP contribution is 2.30. The molecule has 1 atom stereocenters. The van der Waals surface area contributed by atoms with Gasteiger partial charge in [0.05, 0.1) is 11.7 Å². The van der Waals surface area contributed by atoms with Crippen LogP contribution in [-0.2, 0) is 13.0 Å². The third kappa shape index (κ3) is 2.13. The van der Waals surface area contributed by atoms with Crippen LogP contribution in [0, 0.1) is 5.51 Å². The zero-order chi connectivity index (χ0) is 12.4. The number of hydrogen-bond acceptors (Lipinski definition) is 3. The molecule has 2 aromatic heterocycles. The van der Waals surface area contributed by atoms with Crippen molar-refractivity contribution in [3.05, 3.63) is 52.8 Å². The highest BCUT2D eigenvalue weighted by atomic mass is 32.1. The molecule has 93 valence electrons. The van der Waals surface area contributed by atoms with Crippen molar-refractivity contribution in [3.63, 3.8) is 0 Å². The van der Waals surface area contributed by atoms with Gasteiger partial charge in [-0.15, -0.1) is 17.9 Å². The molecule has 0 amide bonds. The van der Waals surface area contributed by atoms with Crippen LogP contribution in [0.4, 0.5) is 0 Å². The first-order valence-electron chi connectivity index (χ1n) is 6.21. The molecule has 1 aliphatic heterocycles. The number of aromatic nitrogens is 2. The number of fused-ring (bicyclic) bond motifs is 1. The summed E-state index contributed by atoms with van der Waals surface area (Å²) in [5.74, 6) is 0. The summed E-state index contributed by atoms with van der Waals surface area (Å²) in [6, 6.07) is 4.61. The minimum atomic E-state index is 0.396. The van der Waals surface area contributed by atoms with Crippen molar-refractivity contribution in [1.29, 1.82) is 0 Å². The highest BCUT2D eigenvalue weighted by Gasteiger charge is 2.25. The maximum atomic E-state index is 4.30. The number of nitrogens with zero attached hydrogens (tertiary/aromatic N) is 2. The number of H-pyrrole nitrogens is 1. The fourth-order valence-corrected chi connectivity index (χ4v) is 3.30. The Bertz CT molecular complexity index is 515. The van der Waals surface area contributed by atoms with Gasteiger partial charge >= 0.3 is 0 Å². The molecule has 1 aliphatic rings. The van der Waals surface area contributed by atoms with Gasteiger partial charge < -0.3 is 4.98 Å². The fourth-order valence-electron chi connectivity index (χ4n) is 2.53. The summed E-state index contributed by atoms with van der Waals surface area (Å²) >= 11 is 1.65. The molecule has 0 aliphatic carbocycles. The second-order valence-corrected chi connectivity index (χ2v) is 5.44. The molecule has 0 aromatic carbocycles. The van der Waals surface area contributed by atoms with Crippen LogP contribution in [0.25, 0.3) is 0 Å². The summed E-state index contributed by atoms with van der Waals surface area (Å²) in [7, 11) is 0. The Balaban J connectivity index is 1.82. The first-order valence-corrected chi connectivity index (χ1v) is 7.03. The molecule has 1 radical (unpaired) electrons. The van der Waals surface area contributed by atoms with Crippen molar-refractivity contribution >= 4 is 11.3 Å². The van der Waals surface area contributed by atoms with Crippen LogP contribution >= 0.6 is 11.3 Å². The summed E-state index contributed by atoms with van der Waals surface area (Å²) in [5, 5.41) is 0. The maximum absolute atomic E-state index is 4.30. The van der Waals surface area contributed by atoms with Crippen molar-refractivity contribution in [1.82, 2.24) is 14.9 Å². The molecule has 0 fully saturated rings. The van der Waals surface area contributed by atoms with Crippen molar-refractivity contribution in [3.8, 4) is 0 Å². The van der Waals surface area contributed by atoms with Gasteiger partial charge in [-0.25, -0.2) is 4.98 Å². The zero-order valence-corrected chi connectivity index (χ0v) is 11.0. The van der Waals surface area contributed by atoms with Gasteiger partial charge in [0.25, 0.3) is 0 Å². The van der Waals surface area contributed by atoms with Gasteiger partial charge in [0.2, 0.25) is 0 Å². The SMILES string of the molecule is C=CCC(c1ccc[nH]1)N1CCc2n[c]sc2C1. The van der Waals surface area contributed by atoms with E-state index < -0.39 is 0 Å². The lowest BCUT2D eigenvalue weighted by Crippen LogP contribution is -2.33. The van der Waals surface area contributed by atoms with E-state index in [-0.39, 0.29) is 0 Å². The Morgan fingerprint density at radius 1 is 1.67 bits per heavy atom. The van der Waals surface area contributed by atoms with Crippen molar-refractivity contribution in [2.45, 2.75) is 25.4 Å². The van der Waals surface area contributed by atoms with Crippen molar-refractivity contribution < 1.29 is 0 Å². The summed E-state index contributed by atoms with van der Waals surface area (Å²) in [6.45, 7) is 5.92. The van der Waals surface area contributed by atoms with E-state index in [0.29, 0.717) is 6.04 Å². The average Bonchev–Trinajstić information content (AvgIpc) is 3.05. The Morgan fingerprint density at radius 3 is 3.39 bits per heavy atom. The molecule has 0 saturated carbocycles. The standard InChI is InChI=1S/C14H16N3S/c1-2-4-13(11-5-3-7-15-11)17-8-6-12-14(9-17)18-10-16-12/h2-3,5,7,13,15H,1,4,6,8-9H2. The van der Waals surface area contributed by atoms with Crippen molar-refractivity contribution in [2.24, 2.45) is 0 Å². The molecular weight excluding hydrogens is 242 g/mol. The van der Waals surface area contributed by atoms with E-state index in [1.54, 1.807) is 11.3 Å². The van der Waals surface area contributed by atoms with E-state index in [1.165, 1.54) is 16.3 Å². The highest BCUT2D eigenvalue weighted by molar-refractivity contribution is 7.09. The first kappa shape index (κ1) is 11.7. The average molecular weight is 258 g/mol. The third-order valence-corrected chi connectivity index (χ3v) is 4.26. The van der Waals surface area contributed by atoms with E-state index in [2.05, 4.69) is 39.1 Å². The summed E-state index contributed by atoms with van der Waals surface area (Å²) < 4.78 is 0. The molecule has 2 aromatic rings. The van der Waals surface area contributed by atoms with Gasteiger partial charge in [0, 0.05) is 36.3 Å². The van der Waals surface area contributed by atoms with E-state index >= 15 is 0 Å². The van der Waals surface area contributed by atoms with E-state index in [0.717, 1.165) is 25.9 Å². The summed E-state index contributed by atoms with van der Waals surface area (Å²) in [4.78, 5) is 11.5. The van der Waals surface area contributed by atoms with E-state index in [9.17, 15) is 0 Å². The predicted molar refractivity (Wildman–Crippen MR) is 73.4 cm³/mol. The molecule has 0 saturated heterocycles. The van der Waals surface area contributed by atoms with Crippen molar-refractivity contribution in [2.75, 3.05) is 6.54 Å². The van der Waals surface area contributed by atoms with E-state index in [4.69, 9.17) is 0 Å². The fraction of sp³-hybridized carbons (Fsp3) is 0.357.